The Bertz CT molecular complexity index is 348. The molecule has 2 atom stereocenters. The van der Waals surface area contributed by atoms with Crippen molar-refractivity contribution in [3.8, 4) is 0 Å². The van der Waals surface area contributed by atoms with Crippen molar-refractivity contribution in [1.29, 1.82) is 0 Å². The third kappa shape index (κ3) is 2.08. The van der Waals surface area contributed by atoms with Crippen molar-refractivity contribution in [2.24, 2.45) is 4.99 Å². The molecular formula is C12H17N2O+. The maximum absolute atomic E-state index is 9.84. The van der Waals surface area contributed by atoms with E-state index in [9.17, 15) is 5.11 Å². The van der Waals surface area contributed by atoms with Crippen LogP contribution in [-0.2, 0) is 6.54 Å². The molecule has 2 rings (SSSR count). The first-order valence-corrected chi connectivity index (χ1v) is 5.32. The fourth-order valence-corrected chi connectivity index (χ4v) is 1.98. The molecule has 3 nitrogen and oxygen atoms in total. The number of aliphatic imine (C=N–C) groups is 1. The molecule has 1 aliphatic heterocycles. The van der Waals surface area contributed by atoms with Crippen LogP contribution >= 0.6 is 0 Å². The molecule has 0 amide bonds. The molecule has 1 N–H and O–H groups in total. The molecule has 0 aliphatic carbocycles. The molecule has 0 radical (unpaired) electrons. The van der Waals surface area contributed by atoms with Gasteiger partial charge in [-0.25, -0.2) is 4.99 Å². The van der Waals surface area contributed by atoms with Crippen molar-refractivity contribution in [2.75, 3.05) is 13.1 Å². The second-order valence-electron chi connectivity index (χ2n) is 4.12. The van der Waals surface area contributed by atoms with Gasteiger partial charge in [0, 0.05) is 12.5 Å². The van der Waals surface area contributed by atoms with Crippen LogP contribution < -0.4 is 0 Å². The van der Waals surface area contributed by atoms with E-state index in [1.807, 2.05) is 31.5 Å². The van der Waals surface area contributed by atoms with E-state index in [4.69, 9.17) is 0 Å². The lowest BCUT2D eigenvalue weighted by Crippen LogP contribution is -2.51. The number of rotatable bonds is 3. The van der Waals surface area contributed by atoms with Crippen molar-refractivity contribution >= 4 is 6.34 Å². The van der Waals surface area contributed by atoms with E-state index in [2.05, 4.69) is 17.1 Å². The molecular weight excluding hydrogens is 188 g/mol. The summed E-state index contributed by atoms with van der Waals surface area (Å²) in [6, 6.07) is 10.2. The van der Waals surface area contributed by atoms with E-state index < -0.39 is 6.23 Å². The summed E-state index contributed by atoms with van der Waals surface area (Å²) in [7, 11) is 0. The van der Waals surface area contributed by atoms with E-state index in [0.717, 1.165) is 19.6 Å². The Labute approximate surface area is 90.3 Å². The Balaban J connectivity index is 2.18. The summed E-state index contributed by atoms with van der Waals surface area (Å²) in [4.78, 5) is 4.24. The highest BCUT2D eigenvalue weighted by molar-refractivity contribution is 5.48. The Morgan fingerprint density at radius 1 is 1.40 bits per heavy atom. The normalized spacial score (nSPS) is 26.8. The third-order valence-corrected chi connectivity index (χ3v) is 3.02. The quantitative estimate of drug-likeness (QED) is 0.743. The van der Waals surface area contributed by atoms with Crippen LogP contribution in [0.2, 0.25) is 0 Å². The van der Waals surface area contributed by atoms with Crippen molar-refractivity contribution in [2.45, 2.75) is 19.7 Å². The second kappa shape index (κ2) is 4.13. The molecule has 0 aromatic heterocycles. The zero-order valence-electron chi connectivity index (χ0n) is 9.00. The SMILES string of the molecule is CC(O)[N+]1(Cc2ccccc2)C=NCC1. The standard InChI is InChI=1S/C12H17N2O/c1-11(15)14(8-7-13-10-14)9-12-5-3-2-4-6-12/h2-6,10-11,15H,7-9H2,1H3/q+1. The fraction of sp³-hybridized carbons (Fsp3) is 0.417. The zero-order chi connectivity index (χ0) is 10.7. The minimum atomic E-state index is -0.392. The number of aliphatic hydroxyl groups excluding tert-OH is 1. The summed E-state index contributed by atoms with van der Waals surface area (Å²) in [6.45, 7) is 4.37. The molecule has 0 saturated carbocycles. The van der Waals surface area contributed by atoms with E-state index >= 15 is 0 Å². The number of nitrogens with zero attached hydrogens (tertiary/aromatic N) is 2. The van der Waals surface area contributed by atoms with Gasteiger partial charge in [-0.15, -0.1) is 0 Å². The lowest BCUT2D eigenvalue weighted by molar-refractivity contribution is -0.889. The van der Waals surface area contributed by atoms with Gasteiger partial charge in [-0.2, -0.15) is 0 Å². The molecule has 3 heteroatoms. The zero-order valence-corrected chi connectivity index (χ0v) is 9.00. The molecule has 15 heavy (non-hydrogen) atoms. The molecule has 0 bridgehead atoms. The Hall–Kier alpha value is -1.19. The van der Waals surface area contributed by atoms with Crippen molar-refractivity contribution < 1.29 is 9.59 Å². The first kappa shape index (κ1) is 10.3. The van der Waals surface area contributed by atoms with Gasteiger partial charge in [0.05, 0.1) is 6.54 Å². The molecule has 1 aromatic rings. The van der Waals surface area contributed by atoms with Gasteiger partial charge in [-0.3, -0.25) is 4.48 Å². The van der Waals surface area contributed by atoms with Gasteiger partial charge in [0.2, 0.25) is 0 Å². The van der Waals surface area contributed by atoms with Crippen LogP contribution in [-0.4, -0.2) is 35.2 Å². The number of hydrogen-bond acceptors (Lipinski definition) is 2. The predicted octanol–water partition coefficient (Wildman–Crippen LogP) is 1.38. The van der Waals surface area contributed by atoms with Gasteiger partial charge in [-0.05, 0) is 0 Å². The molecule has 2 unspecified atom stereocenters. The maximum atomic E-state index is 9.84. The van der Waals surface area contributed by atoms with Crippen LogP contribution in [0.3, 0.4) is 0 Å². The van der Waals surface area contributed by atoms with Crippen LogP contribution in [0, 0.1) is 0 Å². The average Bonchev–Trinajstić information content (AvgIpc) is 2.69. The summed E-state index contributed by atoms with van der Waals surface area (Å²) in [5.41, 5.74) is 1.24. The summed E-state index contributed by atoms with van der Waals surface area (Å²) in [5.74, 6) is 0. The summed E-state index contributed by atoms with van der Waals surface area (Å²) in [6.07, 6.45) is 1.49. The van der Waals surface area contributed by atoms with Gasteiger partial charge < -0.3 is 5.11 Å². The first-order chi connectivity index (χ1) is 7.23. The van der Waals surface area contributed by atoms with E-state index in [-0.39, 0.29) is 0 Å². The summed E-state index contributed by atoms with van der Waals surface area (Å²) >= 11 is 0. The molecule has 1 heterocycles. The van der Waals surface area contributed by atoms with Crippen molar-refractivity contribution in [3.05, 3.63) is 35.9 Å². The smallest absolute Gasteiger partial charge is 0.193 e. The van der Waals surface area contributed by atoms with Crippen LogP contribution in [0.1, 0.15) is 12.5 Å². The lowest BCUT2D eigenvalue weighted by Gasteiger charge is -2.33. The first-order valence-electron chi connectivity index (χ1n) is 5.32. The highest BCUT2D eigenvalue weighted by atomic mass is 16.3. The summed E-state index contributed by atoms with van der Waals surface area (Å²) < 4.78 is 0.560. The maximum Gasteiger partial charge on any atom is 0.193 e. The molecule has 0 spiro atoms. The Morgan fingerprint density at radius 2 is 2.13 bits per heavy atom. The van der Waals surface area contributed by atoms with Gasteiger partial charge in [0.15, 0.2) is 12.6 Å². The number of quaternary nitrogens is 1. The molecule has 1 aromatic carbocycles. The highest BCUT2D eigenvalue weighted by Crippen LogP contribution is 2.19. The second-order valence-corrected chi connectivity index (χ2v) is 4.12. The van der Waals surface area contributed by atoms with Crippen LogP contribution in [0.5, 0.6) is 0 Å². The van der Waals surface area contributed by atoms with Gasteiger partial charge in [-0.1, -0.05) is 30.3 Å². The van der Waals surface area contributed by atoms with Gasteiger partial charge in [0.25, 0.3) is 0 Å². The topological polar surface area (TPSA) is 32.6 Å². The highest BCUT2D eigenvalue weighted by Gasteiger charge is 2.34. The molecule has 0 fully saturated rings. The van der Waals surface area contributed by atoms with Crippen LogP contribution in [0.25, 0.3) is 0 Å². The van der Waals surface area contributed by atoms with E-state index in [1.54, 1.807) is 0 Å². The molecule has 0 saturated heterocycles. The van der Waals surface area contributed by atoms with Crippen LogP contribution in [0.15, 0.2) is 35.3 Å². The monoisotopic (exact) mass is 205 g/mol. The third-order valence-electron chi connectivity index (χ3n) is 3.02. The largest absolute Gasteiger partial charge is 0.345 e. The molecule has 1 aliphatic rings. The van der Waals surface area contributed by atoms with E-state index in [1.165, 1.54) is 5.56 Å². The Kier molecular flexibility index (Phi) is 2.84. The van der Waals surface area contributed by atoms with Crippen molar-refractivity contribution in [1.82, 2.24) is 0 Å². The lowest BCUT2D eigenvalue weighted by atomic mass is 10.2. The van der Waals surface area contributed by atoms with Gasteiger partial charge >= 0.3 is 0 Å². The predicted molar refractivity (Wildman–Crippen MR) is 60.3 cm³/mol. The number of benzene rings is 1. The van der Waals surface area contributed by atoms with Crippen molar-refractivity contribution in [3.63, 3.8) is 0 Å². The molecule has 80 valence electrons. The number of aliphatic hydroxyl groups is 1. The van der Waals surface area contributed by atoms with Crippen LogP contribution in [0.4, 0.5) is 0 Å². The summed E-state index contributed by atoms with van der Waals surface area (Å²) in [5, 5.41) is 9.84. The average molecular weight is 205 g/mol. The van der Waals surface area contributed by atoms with Gasteiger partial charge in [0.1, 0.15) is 13.1 Å². The van der Waals surface area contributed by atoms with E-state index in [0.29, 0.717) is 4.48 Å². The Morgan fingerprint density at radius 3 is 2.67 bits per heavy atom. The minimum absolute atomic E-state index is 0.392. The fourth-order valence-electron chi connectivity index (χ4n) is 1.98. The number of hydrogen-bond donors (Lipinski definition) is 1. The minimum Gasteiger partial charge on any atom is -0.345 e.